The predicted octanol–water partition coefficient (Wildman–Crippen LogP) is 0.985. The number of carbonyl (C=O) groups is 3. The van der Waals surface area contributed by atoms with Crippen LogP contribution < -0.4 is 10.6 Å². The van der Waals surface area contributed by atoms with Crippen LogP contribution in [0.3, 0.4) is 0 Å². The number of nitrogens with one attached hydrogen (secondary N) is 2. The van der Waals surface area contributed by atoms with Crippen LogP contribution in [0.25, 0.3) is 0 Å². The molecule has 0 bridgehead atoms. The molecule has 1 aromatic carbocycles. The number of hydrogen-bond donors (Lipinski definition) is 3. The monoisotopic (exact) mass is 279 g/mol. The molecule has 0 saturated heterocycles. The van der Waals surface area contributed by atoms with E-state index in [4.69, 9.17) is 5.11 Å². The van der Waals surface area contributed by atoms with Crippen LogP contribution in [0.15, 0.2) is 24.3 Å². The molecule has 0 atom stereocenters. The van der Waals surface area contributed by atoms with Crippen molar-refractivity contribution in [1.29, 1.82) is 0 Å². The lowest BCUT2D eigenvalue weighted by atomic mass is 10.2. The van der Waals surface area contributed by atoms with Crippen molar-refractivity contribution in [2.75, 3.05) is 25.5 Å². The van der Waals surface area contributed by atoms with Crippen molar-refractivity contribution >= 4 is 23.6 Å². The highest BCUT2D eigenvalue weighted by molar-refractivity contribution is 5.93. The summed E-state index contributed by atoms with van der Waals surface area (Å²) in [6, 6.07) is 5.19. The van der Waals surface area contributed by atoms with Crippen LogP contribution >= 0.6 is 0 Å². The first-order valence-corrected chi connectivity index (χ1v) is 6.06. The van der Waals surface area contributed by atoms with Gasteiger partial charge < -0.3 is 20.6 Å². The third-order valence-corrected chi connectivity index (χ3v) is 2.69. The maximum atomic E-state index is 11.5. The summed E-state index contributed by atoms with van der Waals surface area (Å²) < 4.78 is 0. The fourth-order valence-electron chi connectivity index (χ4n) is 1.34. The summed E-state index contributed by atoms with van der Waals surface area (Å²) in [4.78, 5) is 35.2. The lowest BCUT2D eigenvalue weighted by Gasteiger charge is -2.15. The third-order valence-electron chi connectivity index (χ3n) is 2.69. The number of benzene rings is 1. The summed E-state index contributed by atoms with van der Waals surface area (Å²) >= 11 is 0. The average Bonchev–Trinajstić information content (AvgIpc) is 2.44. The van der Waals surface area contributed by atoms with Gasteiger partial charge in [-0.25, -0.2) is 9.59 Å². The van der Waals surface area contributed by atoms with Crippen LogP contribution in [0.1, 0.15) is 17.3 Å². The van der Waals surface area contributed by atoms with Gasteiger partial charge in [-0.05, 0) is 31.2 Å². The summed E-state index contributed by atoms with van der Waals surface area (Å²) in [5, 5.41) is 13.7. The number of nitrogens with zero attached hydrogens (tertiary/aromatic N) is 1. The molecule has 1 aromatic rings. The van der Waals surface area contributed by atoms with Crippen molar-refractivity contribution in [1.82, 2.24) is 10.2 Å². The van der Waals surface area contributed by atoms with Crippen molar-refractivity contribution in [3.05, 3.63) is 29.8 Å². The van der Waals surface area contributed by atoms with Crippen LogP contribution in [0, 0.1) is 0 Å². The molecule has 0 heterocycles. The second-order valence-corrected chi connectivity index (χ2v) is 4.10. The highest BCUT2D eigenvalue weighted by Crippen LogP contribution is 2.09. The molecule has 0 aliphatic heterocycles. The number of anilines is 1. The van der Waals surface area contributed by atoms with Crippen molar-refractivity contribution in [2.45, 2.75) is 6.92 Å². The van der Waals surface area contributed by atoms with Crippen molar-refractivity contribution in [2.24, 2.45) is 0 Å². The van der Waals surface area contributed by atoms with E-state index in [1.54, 1.807) is 7.05 Å². The Hall–Kier alpha value is -2.57. The van der Waals surface area contributed by atoms with Crippen molar-refractivity contribution in [3.8, 4) is 0 Å². The number of carbonyl (C=O) groups excluding carboxylic acids is 2. The minimum Gasteiger partial charge on any atom is -0.478 e. The minimum atomic E-state index is -1.03. The molecule has 0 aliphatic rings. The van der Waals surface area contributed by atoms with Gasteiger partial charge in [0.2, 0.25) is 5.91 Å². The zero-order valence-electron chi connectivity index (χ0n) is 11.3. The SMILES string of the molecule is CCN(C)C(=O)CNC(=O)Nc1ccc(C(=O)O)cc1. The van der Waals surface area contributed by atoms with E-state index in [9.17, 15) is 14.4 Å². The zero-order valence-corrected chi connectivity index (χ0v) is 11.3. The molecule has 7 heteroatoms. The number of rotatable bonds is 5. The van der Waals surface area contributed by atoms with E-state index in [0.717, 1.165) is 0 Å². The van der Waals surface area contributed by atoms with Gasteiger partial charge in [0.15, 0.2) is 0 Å². The van der Waals surface area contributed by atoms with Gasteiger partial charge >= 0.3 is 12.0 Å². The molecule has 0 saturated carbocycles. The van der Waals surface area contributed by atoms with Gasteiger partial charge in [0.1, 0.15) is 0 Å². The first-order chi connectivity index (χ1) is 9.43. The predicted molar refractivity (Wildman–Crippen MR) is 73.7 cm³/mol. The molecular formula is C13H17N3O4. The topological polar surface area (TPSA) is 98.7 Å². The minimum absolute atomic E-state index is 0.0939. The average molecular weight is 279 g/mol. The van der Waals surface area contributed by atoms with E-state index >= 15 is 0 Å². The summed E-state index contributed by atoms with van der Waals surface area (Å²) in [7, 11) is 1.65. The van der Waals surface area contributed by atoms with Crippen LogP contribution in [0.5, 0.6) is 0 Å². The fourth-order valence-corrected chi connectivity index (χ4v) is 1.34. The van der Waals surface area contributed by atoms with Crippen LogP contribution in [-0.4, -0.2) is 48.1 Å². The number of carboxylic acid groups (broad SMARTS) is 1. The molecular weight excluding hydrogens is 262 g/mol. The second-order valence-electron chi connectivity index (χ2n) is 4.10. The Morgan fingerprint density at radius 3 is 2.30 bits per heavy atom. The van der Waals surface area contributed by atoms with Gasteiger partial charge in [-0.1, -0.05) is 0 Å². The summed E-state index contributed by atoms with van der Waals surface area (Å²) in [6.45, 7) is 2.31. The quantitative estimate of drug-likeness (QED) is 0.748. The maximum absolute atomic E-state index is 11.5. The molecule has 0 aromatic heterocycles. The number of amides is 3. The molecule has 3 amide bonds. The summed E-state index contributed by atoms with van der Waals surface area (Å²) in [5.74, 6) is -1.22. The third kappa shape index (κ3) is 4.60. The molecule has 7 nitrogen and oxygen atoms in total. The number of likely N-dealkylation sites (N-methyl/N-ethyl adjacent to an activating group) is 1. The first kappa shape index (κ1) is 15.5. The van der Waals surface area contributed by atoms with Gasteiger partial charge in [0.05, 0.1) is 12.1 Å². The van der Waals surface area contributed by atoms with Gasteiger partial charge in [-0.15, -0.1) is 0 Å². The van der Waals surface area contributed by atoms with Gasteiger partial charge in [-0.3, -0.25) is 4.79 Å². The standard InChI is InChI=1S/C13H17N3O4/c1-3-16(2)11(17)8-14-13(20)15-10-6-4-9(5-7-10)12(18)19/h4-7H,3,8H2,1-2H3,(H,18,19)(H2,14,15,20). The maximum Gasteiger partial charge on any atom is 0.335 e. The normalized spacial score (nSPS) is 9.70. The van der Waals surface area contributed by atoms with Crippen LogP contribution in [0.4, 0.5) is 10.5 Å². The summed E-state index contributed by atoms with van der Waals surface area (Å²) in [5.41, 5.74) is 0.583. The Balaban J connectivity index is 2.46. The van der Waals surface area contributed by atoms with Crippen molar-refractivity contribution in [3.63, 3.8) is 0 Å². The molecule has 1 rings (SSSR count). The Morgan fingerprint density at radius 1 is 1.20 bits per heavy atom. The van der Waals surface area contributed by atoms with E-state index < -0.39 is 12.0 Å². The second kappa shape index (κ2) is 7.13. The number of hydrogen-bond acceptors (Lipinski definition) is 3. The Kier molecular flexibility index (Phi) is 5.52. The Bertz CT molecular complexity index is 499. The Morgan fingerprint density at radius 2 is 1.80 bits per heavy atom. The largest absolute Gasteiger partial charge is 0.478 e. The smallest absolute Gasteiger partial charge is 0.335 e. The van der Waals surface area contributed by atoms with Gasteiger partial charge in [0.25, 0.3) is 0 Å². The molecule has 0 fully saturated rings. The van der Waals surface area contributed by atoms with E-state index in [-0.39, 0.29) is 18.0 Å². The highest BCUT2D eigenvalue weighted by atomic mass is 16.4. The van der Waals surface area contributed by atoms with Crippen LogP contribution in [-0.2, 0) is 4.79 Å². The molecule has 0 aliphatic carbocycles. The lowest BCUT2D eigenvalue weighted by molar-refractivity contribution is -0.128. The fraction of sp³-hybridized carbons (Fsp3) is 0.308. The van der Waals surface area contributed by atoms with E-state index in [0.29, 0.717) is 12.2 Å². The molecule has 3 N–H and O–H groups in total. The molecule has 0 radical (unpaired) electrons. The van der Waals surface area contributed by atoms with E-state index in [1.807, 2.05) is 6.92 Å². The van der Waals surface area contributed by atoms with Gasteiger partial charge in [-0.2, -0.15) is 0 Å². The number of urea groups is 1. The first-order valence-electron chi connectivity index (χ1n) is 6.06. The highest BCUT2D eigenvalue weighted by Gasteiger charge is 2.09. The van der Waals surface area contributed by atoms with Crippen LogP contribution in [0.2, 0.25) is 0 Å². The van der Waals surface area contributed by atoms with E-state index in [1.165, 1.54) is 29.2 Å². The van der Waals surface area contributed by atoms with E-state index in [2.05, 4.69) is 10.6 Å². The molecule has 20 heavy (non-hydrogen) atoms. The molecule has 0 unspecified atom stereocenters. The van der Waals surface area contributed by atoms with Crippen molar-refractivity contribution < 1.29 is 19.5 Å². The van der Waals surface area contributed by atoms with Gasteiger partial charge in [0, 0.05) is 19.3 Å². The summed E-state index contributed by atoms with van der Waals surface area (Å²) in [6.07, 6.45) is 0. The Labute approximate surface area is 116 Å². The number of carboxylic acids is 1. The molecule has 108 valence electrons. The molecule has 0 spiro atoms. The lowest BCUT2D eigenvalue weighted by Crippen LogP contribution is -2.39. The zero-order chi connectivity index (χ0) is 15.1. The number of aromatic carboxylic acids is 1.